The van der Waals surface area contributed by atoms with E-state index in [4.69, 9.17) is 13.5 Å². The number of imidazole rings is 1. The molecule has 2 aromatic heterocycles. The van der Waals surface area contributed by atoms with Crippen LogP contribution in [0.2, 0.25) is 0 Å². The predicted molar refractivity (Wildman–Crippen MR) is 133 cm³/mol. The number of furan rings is 1. The summed E-state index contributed by atoms with van der Waals surface area (Å²) in [5.41, 5.74) is 6.97. The molecule has 0 fully saturated rings. The summed E-state index contributed by atoms with van der Waals surface area (Å²) >= 11 is 0. The Morgan fingerprint density at radius 1 is 0.844 bits per heavy atom. The maximum absolute atomic E-state index is 7.61. The van der Waals surface area contributed by atoms with Crippen LogP contribution in [-0.2, 0) is 0 Å². The lowest BCUT2D eigenvalue weighted by Crippen LogP contribution is -2.03. The van der Waals surface area contributed by atoms with Gasteiger partial charge in [-0.1, -0.05) is 60.2 Å². The first-order valence-corrected chi connectivity index (χ1v) is 10.8. The molecule has 32 heavy (non-hydrogen) atoms. The average molecular weight is 420 g/mol. The van der Waals surface area contributed by atoms with Gasteiger partial charge < -0.3 is 8.98 Å². The van der Waals surface area contributed by atoms with Crippen LogP contribution in [0, 0.1) is 6.85 Å². The summed E-state index contributed by atoms with van der Waals surface area (Å²) in [5, 5.41) is 2.05. The summed E-state index contributed by atoms with van der Waals surface area (Å²) in [7, 11) is 0. The Morgan fingerprint density at radius 3 is 2.47 bits per heavy atom. The second-order valence-corrected chi connectivity index (χ2v) is 8.46. The molecule has 4 aromatic carbocycles. The smallest absolute Gasteiger partial charge is 0.146 e. The second-order valence-electron chi connectivity index (χ2n) is 8.46. The van der Waals surface area contributed by atoms with Crippen molar-refractivity contribution in [2.75, 3.05) is 0 Å². The number of nitrogens with zero attached hydrogens (tertiary/aromatic N) is 2. The van der Waals surface area contributed by atoms with Crippen molar-refractivity contribution < 1.29 is 8.53 Å². The SMILES string of the molecule is [2H]C([2H])([2H])c1ccc(-c2ccc3oc4c(-c5nc6ccccc6n5C(C)C)cccc4c3c2)cc1. The number of aromatic nitrogens is 2. The van der Waals surface area contributed by atoms with Crippen molar-refractivity contribution in [1.82, 2.24) is 9.55 Å². The molecule has 2 heterocycles. The standard InChI is InChI=1S/C29H24N2O/c1-18(2)31-26-10-5-4-9-25(26)30-29(31)23-8-6-7-22-24-17-21(15-16-27(24)32-28(22)23)20-13-11-19(3)12-14-20/h4-18H,1-3H3/i3D3. The second kappa shape index (κ2) is 7.10. The highest BCUT2D eigenvalue weighted by atomic mass is 16.3. The van der Waals surface area contributed by atoms with Gasteiger partial charge in [0.2, 0.25) is 0 Å². The molecule has 3 heteroatoms. The van der Waals surface area contributed by atoms with Crippen LogP contribution in [0.15, 0.2) is 89.3 Å². The van der Waals surface area contributed by atoms with Gasteiger partial charge in [-0.2, -0.15) is 0 Å². The fourth-order valence-corrected chi connectivity index (χ4v) is 4.57. The predicted octanol–water partition coefficient (Wildman–Crippen LogP) is 8.16. The van der Waals surface area contributed by atoms with Crippen LogP contribution in [0.1, 0.15) is 29.6 Å². The molecule has 3 nitrogen and oxygen atoms in total. The van der Waals surface area contributed by atoms with Crippen LogP contribution >= 0.6 is 0 Å². The maximum atomic E-state index is 7.61. The van der Waals surface area contributed by atoms with E-state index in [-0.39, 0.29) is 6.04 Å². The lowest BCUT2D eigenvalue weighted by Gasteiger charge is -2.13. The number of hydrogen-bond donors (Lipinski definition) is 0. The summed E-state index contributed by atoms with van der Waals surface area (Å²) in [5.74, 6) is 0.895. The van der Waals surface area contributed by atoms with E-state index in [0.717, 1.165) is 55.5 Å². The van der Waals surface area contributed by atoms with Gasteiger partial charge in [0.15, 0.2) is 0 Å². The van der Waals surface area contributed by atoms with Gasteiger partial charge in [0.1, 0.15) is 17.0 Å². The van der Waals surface area contributed by atoms with Crippen molar-refractivity contribution in [2.24, 2.45) is 0 Å². The van der Waals surface area contributed by atoms with Crippen LogP contribution in [0.25, 0.3) is 55.5 Å². The van der Waals surface area contributed by atoms with Crippen LogP contribution in [0.3, 0.4) is 0 Å². The van der Waals surface area contributed by atoms with Gasteiger partial charge in [-0.3, -0.25) is 0 Å². The van der Waals surface area contributed by atoms with Crippen molar-refractivity contribution in [2.45, 2.75) is 26.7 Å². The fraction of sp³-hybridized carbons (Fsp3) is 0.138. The lowest BCUT2D eigenvalue weighted by atomic mass is 10.0. The Hall–Kier alpha value is -3.85. The zero-order chi connectivity index (χ0) is 24.3. The molecule has 0 unspecified atom stereocenters. The van der Waals surface area contributed by atoms with Gasteiger partial charge in [0.05, 0.1) is 16.6 Å². The van der Waals surface area contributed by atoms with Crippen molar-refractivity contribution in [3.05, 3.63) is 90.5 Å². The largest absolute Gasteiger partial charge is 0.455 e. The van der Waals surface area contributed by atoms with Crippen LogP contribution in [0.5, 0.6) is 0 Å². The third-order valence-electron chi connectivity index (χ3n) is 6.07. The Kier molecular flexibility index (Phi) is 3.52. The first-order chi connectivity index (χ1) is 16.8. The summed E-state index contributed by atoms with van der Waals surface area (Å²) in [6, 6.07) is 27.8. The van der Waals surface area contributed by atoms with Crippen molar-refractivity contribution in [3.63, 3.8) is 0 Å². The first-order valence-electron chi connectivity index (χ1n) is 12.3. The molecule has 6 aromatic rings. The molecule has 0 aliphatic rings. The van der Waals surface area contributed by atoms with Gasteiger partial charge in [-0.05, 0) is 62.2 Å². The quantitative estimate of drug-likeness (QED) is 0.290. The first kappa shape index (κ1) is 15.9. The average Bonchev–Trinajstić information content (AvgIpc) is 3.41. The molecule has 0 radical (unpaired) electrons. The normalized spacial score (nSPS) is 13.7. The van der Waals surface area contributed by atoms with Crippen LogP contribution in [-0.4, -0.2) is 9.55 Å². The third kappa shape index (κ3) is 2.85. The summed E-state index contributed by atoms with van der Waals surface area (Å²) in [4.78, 5) is 4.97. The highest BCUT2D eigenvalue weighted by Crippen LogP contribution is 2.38. The highest BCUT2D eigenvalue weighted by Gasteiger charge is 2.19. The summed E-state index contributed by atoms with van der Waals surface area (Å²) in [6.45, 7) is 2.23. The molecule has 0 saturated heterocycles. The Balaban J connectivity index is 1.53. The van der Waals surface area contributed by atoms with Crippen molar-refractivity contribution in [1.29, 1.82) is 0 Å². The molecule has 0 saturated carbocycles. The minimum Gasteiger partial charge on any atom is -0.455 e. The number of benzene rings is 4. The van der Waals surface area contributed by atoms with E-state index in [9.17, 15) is 0 Å². The monoisotopic (exact) mass is 419 g/mol. The van der Waals surface area contributed by atoms with E-state index >= 15 is 0 Å². The van der Waals surface area contributed by atoms with Crippen LogP contribution < -0.4 is 0 Å². The molecule has 6 rings (SSSR count). The van der Waals surface area contributed by atoms with E-state index in [1.807, 2.05) is 42.5 Å². The molecule has 0 atom stereocenters. The van der Waals surface area contributed by atoms with Gasteiger partial charge in [0, 0.05) is 20.9 Å². The molecule has 156 valence electrons. The number of aryl methyl sites for hydroxylation is 1. The van der Waals surface area contributed by atoms with Gasteiger partial charge in [0.25, 0.3) is 0 Å². The van der Waals surface area contributed by atoms with E-state index in [0.29, 0.717) is 5.56 Å². The number of fused-ring (bicyclic) bond motifs is 4. The van der Waals surface area contributed by atoms with Crippen LogP contribution in [0.4, 0.5) is 0 Å². The van der Waals surface area contributed by atoms with Gasteiger partial charge in [-0.15, -0.1) is 0 Å². The molecule has 0 amide bonds. The Labute approximate surface area is 191 Å². The number of rotatable bonds is 3. The molecular formula is C29H24N2O. The fourth-order valence-electron chi connectivity index (χ4n) is 4.57. The minimum atomic E-state index is -2.11. The number of para-hydroxylation sites is 3. The van der Waals surface area contributed by atoms with Crippen molar-refractivity contribution in [3.8, 4) is 22.5 Å². The molecule has 0 bridgehead atoms. The molecule has 0 aliphatic heterocycles. The van der Waals surface area contributed by atoms with E-state index in [2.05, 4.69) is 48.7 Å². The van der Waals surface area contributed by atoms with Crippen molar-refractivity contribution >= 4 is 33.0 Å². The third-order valence-corrected chi connectivity index (χ3v) is 6.07. The van der Waals surface area contributed by atoms with E-state index < -0.39 is 6.85 Å². The van der Waals surface area contributed by atoms with Gasteiger partial charge >= 0.3 is 0 Å². The molecule has 0 spiro atoms. The van der Waals surface area contributed by atoms with E-state index in [1.165, 1.54) is 0 Å². The summed E-state index contributed by atoms with van der Waals surface area (Å²) < 4.78 is 31.5. The highest BCUT2D eigenvalue weighted by molar-refractivity contribution is 6.10. The number of hydrogen-bond acceptors (Lipinski definition) is 2. The minimum absolute atomic E-state index is 0.238. The molecule has 0 aliphatic carbocycles. The Morgan fingerprint density at radius 2 is 1.66 bits per heavy atom. The van der Waals surface area contributed by atoms with E-state index in [1.54, 1.807) is 12.1 Å². The Bertz CT molecular complexity index is 1710. The maximum Gasteiger partial charge on any atom is 0.146 e. The van der Waals surface area contributed by atoms with Gasteiger partial charge in [-0.25, -0.2) is 4.98 Å². The molecule has 0 N–H and O–H groups in total. The zero-order valence-electron chi connectivity index (χ0n) is 21.0. The molecular weight excluding hydrogens is 392 g/mol. The summed E-state index contributed by atoms with van der Waals surface area (Å²) in [6.07, 6.45) is 0. The zero-order valence-corrected chi connectivity index (χ0v) is 18.0. The lowest BCUT2D eigenvalue weighted by molar-refractivity contribution is 0.622. The topological polar surface area (TPSA) is 31.0 Å².